The number of nitrogens with one attached hydrogen (secondary N) is 1. The van der Waals surface area contributed by atoms with Crippen LogP contribution < -0.4 is 5.32 Å². The SMILES string of the molecule is CCCC(C)(CNC1CC1)CN1CCC(C(C)(C)C)C1. The summed E-state index contributed by atoms with van der Waals surface area (Å²) >= 11 is 0. The standard InChI is InChI=1S/C18H36N2/c1-6-10-18(5,13-19-16-7-8-16)14-20-11-9-15(12-20)17(2,3)4/h15-16,19H,6-14H2,1-5H3. The Hall–Kier alpha value is -0.0800. The van der Waals surface area contributed by atoms with Crippen LogP contribution in [-0.4, -0.2) is 37.1 Å². The summed E-state index contributed by atoms with van der Waals surface area (Å²) in [4.78, 5) is 2.74. The van der Waals surface area contributed by atoms with E-state index in [-0.39, 0.29) is 0 Å². The minimum absolute atomic E-state index is 0.462. The second-order valence-electron chi connectivity index (χ2n) is 8.80. The molecule has 1 aliphatic heterocycles. The second kappa shape index (κ2) is 6.36. The van der Waals surface area contributed by atoms with Crippen LogP contribution in [0, 0.1) is 16.7 Å². The molecule has 1 N–H and O–H groups in total. The molecular weight excluding hydrogens is 244 g/mol. The monoisotopic (exact) mass is 280 g/mol. The summed E-state index contributed by atoms with van der Waals surface area (Å²) in [6.07, 6.45) is 6.85. The molecule has 2 heteroatoms. The van der Waals surface area contributed by atoms with Gasteiger partial charge in [0.15, 0.2) is 0 Å². The van der Waals surface area contributed by atoms with Crippen LogP contribution in [0.1, 0.15) is 66.7 Å². The average Bonchev–Trinajstić information content (AvgIpc) is 3.05. The Morgan fingerprint density at radius 3 is 2.30 bits per heavy atom. The third-order valence-electron chi connectivity index (χ3n) is 5.35. The zero-order valence-electron chi connectivity index (χ0n) is 14.5. The first-order valence-electron chi connectivity index (χ1n) is 8.78. The van der Waals surface area contributed by atoms with Gasteiger partial charge in [-0.2, -0.15) is 0 Å². The van der Waals surface area contributed by atoms with E-state index in [0.717, 1.165) is 12.0 Å². The van der Waals surface area contributed by atoms with Gasteiger partial charge in [-0.05, 0) is 49.0 Å². The van der Waals surface area contributed by atoms with E-state index in [1.165, 1.54) is 58.3 Å². The summed E-state index contributed by atoms with van der Waals surface area (Å²) in [6.45, 7) is 17.2. The van der Waals surface area contributed by atoms with Crippen LogP contribution in [0.5, 0.6) is 0 Å². The van der Waals surface area contributed by atoms with Crippen molar-refractivity contribution in [2.45, 2.75) is 72.8 Å². The molecule has 0 aromatic rings. The van der Waals surface area contributed by atoms with Gasteiger partial charge in [0, 0.05) is 25.7 Å². The minimum atomic E-state index is 0.462. The van der Waals surface area contributed by atoms with Crippen molar-refractivity contribution < 1.29 is 0 Å². The molecule has 0 aromatic heterocycles. The van der Waals surface area contributed by atoms with Crippen molar-refractivity contribution in [1.82, 2.24) is 10.2 Å². The first-order chi connectivity index (χ1) is 9.32. The average molecular weight is 280 g/mol. The zero-order valence-corrected chi connectivity index (χ0v) is 14.5. The Kier molecular flexibility index (Phi) is 5.18. The fraction of sp³-hybridized carbons (Fsp3) is 1.00. The van der Waals surface area contributed by atoms with Crippen LogP contribution in [0.4, 0.5) is 0 Å². The lowest BCUT2D eigenvalue weighted by Crippen LogP contribution is -2.42. The molecule has 2 fully saturated rings. The lowest BCUT2D eigenvalue weighted by atomic mass is 9.80. The topological polar surface area (TPSA) is 15.3 Å². The molecule has 0 spiro atoms. The molecule has 2 rings (SSSR count). The normalized spacial score (nSPS) is 27.8. The number of hydrogen-bond donors (Lipinski definition) is 1. The Balaban J connectivity index is 1.84. The summed E-state index contributed by atoms with van der Waals surface area (Å²) in [5.74, 6) is 0.879. The molecule has 1 saturated carbocycles. The molecule has 1 saturated heterocycles. The van der Waals surface area contributed by atoms with Crippen molar-refractivity contribution in [2.75, 3.05) is 26.2 Å². The maximum Gasteiger partial charge on any atom is 0.00684 e. The van der Waals surface area contributed by atoms with Crippen LogP contribution in [-0.2, 0) is 0 Å². The van der Waals surface area contributed by atoms with Gasteiger partial charge in [-0.25, -0.2) is 0 Å². The van der Waals surface area contributed by atoms with Gasteiger partial charge in [0.1, 0.15) is 0 Å². The number of rotatable bonds is 7. The Labute approximate surface area is 126 Å². The van der Waals surface area contributed by atoms with Crippen LogP contribution >= 0.6 is 0 Å². The van der Waals surface area contributed by atoms with Gasteiger partial charge in [0.25, 0.3) is 0 Å². The van der Waals surface area contributed by atoms with E-state index >= 15 is 0 Å². The highest BCUT2D eigenvalue weighted by Crippen LogP contribution is 2.35. The van der Waals surface area contributed by atoms with E-state index in [2.05, 4.69) is 44.8 Å². The lowest BCUT2D eigenvalue weighted by Gasteiger charge is -2.35. The van der Waals surface area contributed by atoms with Gasteiger partial charge in [-0.15, -0.1) is 0 Å². The summed E-state index contributed by atoms with van der Waals surface area (Å²) in [6, 6.07) is 0.840. The molecule has 2 unspecified atom stereocenters. The molecular formula is C18H36N2. The number of likely N-dealkylation sites (tertiary alicyclic amines) is 1. The second-order valence-corrected chi connectivity index (χ2v) is 8.80. The summed E-state index contributed by atoms with van der Waals surface area (Å²) in [5, 5.41) is 3.77. The summed E-state index contributed by atoms with van der Waals surface area (Å²) in [5.41, 5.74) is 0.937. The van der Waals surface area contributed by atoms with Gasteiger partial charge >= 0.3 is 0 Å². The van der Waals surface area contributed by atoms with Gasteiger partial charge in [-0.3, -0.25) is 0 Å². The molecule has 0 amide bonds. The predicted molar refractivity (Wildman–Crippen MR) is 88.0 cm³/mol. The Morgan fingerprint density at radius 2 is 1.80 bits per heavy atom. The van der Waals surface area contributed by atoms with E-state index in [1.54, 1.807) is 0 Å². The van der Waals surface area contributed by atoms with Gasteiger partial charge < -0.3 is 10.2 Å². The van der Waals surface area contributed by atoms with Gasteiger partial charge in [-0.1, -0.05) is 41.0 Å². The molecule has 1 aliphatic carbocycles. The largest absolute Gasteiger partial charge is 0.313 e. The number of nitrogens with zero attached hydrogens (tertiary/aromatic N) is 1. The third kappa shape index (κ3) is 4.73. The van der Waals surface area contributed by atoms with Crippen molar-refractivity contribution >= 4 is 0 Å². The van der Waals surface area contributed by atoms with E-state index in [0.29, 0.717) is 10.8 Å². The fourth-order valence-corrected chi connectivity index (χ4v) is 3.73. The van der Waals surface area contributed by atoms with Crippen molar-refractivity contribution in [1.29, 1.82) is 0 Å². The minimum Gasteiger partial charge on any atom is -0.313 e. The van der Waals surface area contributed by atoms with Crippen LogP contribution in [0.3, 0.4) is 0 Å². The molecule has 2 nitrogen and oxygen atoms in total. The lowest BCUT2D eigenvalue weighted by molar-refractivity contribution is 0.155. The van der Waals surface area contributed by atoms with Crippen LogP contribution in [0.15, 0.2) is 0 Å². The quantitative estimate of drug-likeness (QED) is 0.760. The molecule has 20 heavy (non-hydrogen) atoms. The van der Waals surface area contributed by atoms with Crippen molar-refractivity contribution in [3.8, 4) is 0 Å². The van der Waals surface area contributed by atoms with Gasteiger partial charge in [0.05, 0.1) is 0 Å². The Bertz CT molecular complexity index is 303. The number of hydrogen-bond acceptors (Lipinski definition) is 2. The first kappa shape index (κ1) is 16.3. The molecule has 0 radical (unpaired) electrons. The van der Waals surface area contributed by atoms with Crippen LogP contribution in [0.25, 0.3) is 0 Å². The maximum atomic E-state index is 3.77. The zero-order chi connectivity index (χ0) is 14.8. The smallest absolute Gasteiger partial charge is 0.00684 e. The summed E-state index contributed by atoms with van der Waals surface area (Å²) in [7, 11) is 0. The third-order valence-corrected chi connectivity index (χ3v) is 5.35. The summed E-state index contributed by atoms with van der Waals surface area (Å²) < 4.78 is 0. The highest BCUT2D eigenvalue weighted by atomic mass is 15.2. The van der Waals surface area contributed by atoms with E-state index < -0.39 is 0 Å². The van der Waals surface area contributed by atoms with Gasteiger partial charge in [0.2, 0.25) is 0 Å². The molecule has 1 heterocycles. The molecule has 2 aliphatic rings. The highest BCUT2D eigenvalue weighted by Gasteiger charge is 2.35. The van der Waals surface area contributed by atoms with Crippen molar-refractivity contribution in [3.63, 3.8) is 0 Å². The van der Waals surface area contributed by atoms with E-state index in [4.69, 9.17) is 0 Å². The maximum absolute atomic E-state index is 3.77. The van der Waals surface area contributed by atoms with Crippen molar-refractivity contribution in [3.05, 3.63) is 0 Å². The van der Waals surface area contributed by atoms with E-state index in [9.17, 15) is 0 Å². The highest BCUT2D eigenvalue weighted by molar-refractivity contribution is 4.90. The predicted octanol–water partition coefficient (Wildman–Crippen LogP) is 3.91. The molecule has 0 aromatic carbocycles. The fourth-order valence-electron chi connectivity index (χ4n) is 3.73. The molecule has 118 valence electrons. The first-order valence-corrected chi connectivity index (χ1v) is 8.78. The van der Waals surface area contributed by atoms with E-state index in [1.807, 2.05) is 0 Å². The molecule has 2 atom stereocenters. The molecule has 0 bridgehead atoms. The van der Waals surface area contributed by atoms with Crippen molar-refractivity contribution in [2.24, 2.45) is 16.7 Å². The van der Waals surface area contributed by atoms with Crippen LogP contribution in [0.2, 0.25) is 0 Å². The Morgan fingerprint density at radius 1 is 1.10 bits per heavy atom.